The molecule has 1 amide bonds. The molecule has 7 heteroatoms. The van der Waals surface area contributed by atoms with Crippen LogP contribution in [0.4, 0.5) is 4.79 Å². The van der Waals surface area contributed by atoms with Crippen LogP contribution in [-0.2, 0) is 25.7 Å². The molecule has 0 spiro atoms. The summed E-state index contributed by atoms with van der Waals surface area (Å²) in [7, 11) is 0. The molecule has 0 fully saturated rings. The van der Waals surface area contributed by atoms with E-state index in [4.69, 9.17) is 9.47 Å². The highest BCUT2D eigenvalue weighted by atomic mass is 16.6. The molecule has 0 saturated carbocycles. The van der Waals surface area contributed by atoms with E-state index in [9.17, 15) is 14.4 Å². The number of carbonyl (C=O) groups is 2. The van der Waals surface area contributed by atoms with E-state index in [0.29, 0.717) is 0 Å². The van der Waals surface area contributed by atoms with Gasteiger partial charge in [0.25, 0.3) is 0 Å². The average molecular weight is 334 g/mol. The van der Waals surface area contributed by atoms with Gasteiger partial charge in [0.05, 0.1) is 6.54 Å². The van der Waals surface area contributed by atoms with Crippen LogP contribution < -0.4 is 5.32 Å². The molecule has 0 aliphatic heterocycles. The van der Waals surface area contributed by atoms with E-state index in [-0.39, 0.29) is 19.6 Å². The first-order valence-electron chi connectivity index (χ1n) is 7.55. The summed E-state index contributed by atoms with van der Waals surface area (Å²) in [6.45, 7) is 5.30. The average Bonchev–Trinajstić information content (AvgIpc) is 2.51. The molecule has 1 rings (SSSR count). The molecule has 0 heterocycles. The molecule has 7 nitrogen and oxygen atoms in total. The molecule has 0 unspecified atom stereocenters. The summed E-state index contributed by atoms with van der Waals surface area (Å²) in [5, 5.41) is 2.44. The van der Waals surface area contributed by atoms with Crippen molar-refractivity contribution in [3.63, 3.8) is 0 Å². The first-order chi connectivity index (χ1) is 11.3. The maximum Gasteiger partial charge on any atom is 0.408 e. The third kappa shape index (κ3) is 8.10. The number of hydrogen-bond donors (Lipinski definition) is 1. The number of hydrogen-bond acceptors (Lipinski definition) is 6. The third-order valence-electron chi connectivity index (χ3n) is 2.79. The van der Waals surface area contributed by atoms with Gasteiger partial charge in [-0.3, -0.25) is 0 Å². The zero-order valence-corrected chi connectivity index (χ0v) is 14.1. The van der Waals surface area contributed by atoms with Crippen molar-refractivity contribution in [2.24, 2.45) is 4.99 Å². The van der Waals surface area contributed by atoms with Crippen LogP contribution >= 0.6 is 0 Å². The Hall–Kier alpha value is -2.66. The van der Waals surface area contributed by atoms with Gasteiger partial charge in [-0.25, -0.2) is 19.4 Å². The van der Waals surface area contributed by atoms with Crippen molar-refractivity contribution in [3.05, 3.63) is 35.9 Å². The molecular formula is C17H22N2O5. The number of alkyl carbamates (subject to hydrolysis) is 1. The molecule has 24 heavy (non-hydrogen) atoms. The standard InChI is InChI=1S/C17H22N2O5/c1-17(2,3)24-15(21)14(9-10-18-12-20)19-16(22)23-11-13-7-5-4-6-8-13/h4-8,14H,9-11H2,1-3H3,(H,19,22)/t14-/m0/s1. The minimum Gasteiger partial charge on any atom is -0.458 e. The molecule has 1 atom stereocenters. The highest BCUT2D eigenvalue weighted by molar-refractivity contribution is 5.81. The van der Waals surface area contributed by atoms with Gasteiger partial charge in [-0.05, 0) is 32.8 Å². The molecule has 0 saturated heterocycles. The predicted octanol–water partition coefficient (Wildman–Crippen LogP) is 2.35. The minimum atomic E-state index is -0.954. The van der Waals surface area contributed by atoms with Crippen molar-refractivity contribution in [2.45, 2.75) is 45.4 Å². The minimum absolute atomic E-state index is 0.0480. The maximum absolute atomic E-state index is 12.1. The lowest BCUT2D eigenvalue weighted by Gasteiger charge is -2.24. The fraction of sp³-hybridized carbons (Fsp3) is 0.471. The fourth-order valence-corrected chi connectivity index (χ4v) is 1.77. The zero-order valence-electron chi connectivity index (χ0n) is 14.1. The smallest absolute Gasteiger partial charge is 0.408 e. The van der Waals surface area contributed by atoms with Gasteiger partial charge in [0.15, 0.2) is 0 Å². The lowest BCUT2D eigenvalue weighted by molar-refractivity contribution is -0.157. The largest absolute Gasteiger partial charge is 0.458 e. The van der Waals surface area contributed by atoms with E-state index in [0.717, 1.165) is 5.56 Å². The first kappa shape index (κ1) is 19.4. The van der Waals surface area contributed by atoms with E-state index in [2.05, 4.69) is 10.3 Å². The van der Waals surface area contributed by atoms with Gasteiger partial charge in [-0.15, -0.1) is 0 Å². The molecule has 0 aromatic heterocycles. The Balaban J connectivity index is 2.60. The second kappa shape index (κ2) is 9.47. The third-order valence-corrected chi connectivity index (χ3v) is 2.79. The monoisotopic (exact) mass is 334 g/mol. The van der Waals surface area contributed by atoms with Gasteiger partial charge in [-0.1, -0.05) is 30.3 Å². The van der Waals surface area contributed by atoms with Crippen LogP contribution in [0.5, 0.6) is 0 Å². The van der Waals surface area contributed by atoms with Gasteiger partial charge >= 0.3 is 12.1 Å². The zero-order chi connectivity index (χ0) is 18.0. The van der Waals surface area contributed by atoms with Gasteiger partial charge in [0.2, 0.25) is 6.08 Å². The first-order valence-corrected chi connectivity index (χ1v) is 7.55. The van der Waals surface area contributed by atoms with Crippen molar-refractivity contribution in [2.75, 3.05) is 6.54 Å². The summed E-state index contributed by atoms with van der Waals surface area (Å²) in [5.41, 5.74) is 0.130. The number of benzene rings is 1. The Morgan fingerprint density at radius 2 is 1.92 bits per heavy atom. The van der Waals surface area contributed by atoms with Gasteiger partial charge in [0, 0.05) is 0 Å². The molecular weight excluding hydrogens is 312 g/mol. The summed E-state index contributed by atoms with van der Waals surface area (Å²) in [6, 6.07) is 8.20. The predicted molar refractivity (Wildman–Crippen MR) is 87.0 cm³/mol. The van der Waals surface area contributed by atoms with Crippen LogP contribution in [0.2, 0.25) is 0 Å². The summed E-state index contributed by atoms with van der Waals surface area (Å²) >= 11 is 0. The van der Waals surface area contributed by atoms with Crippen molar-refractivity contribution in [3.8, 4) is 0 Å². The molecule has 0 aliphatic rings. The highest BCUT2D eigenvalue weighted by Crippen LogP contribution is 2.10. The number of amides is 1. The van der Waals surface area contributed by atoms with Crippen LogP contribution in [0.1, 0.15) is 32.8 Å². The van der Waals surface area contributed by atoms with Crippen LogP contribution in [0.3, 0.4) is 0 Å². The quantitative estimate of drug-likeness (QED) is 0.469. The van der Waals surface area contributed by atoms with Crippen LogP contribution in [-0.4, -0.2) is 36.3 Å². The van der Waals surface area contributed by atoms with Crippen LogP contribution in [0, 0.1) is 0 Å². The maximum atomic E-state index is 12.1. The lowest BCUT2D eigenvalue weighted by Crippen LogP contribution is -2.44. The summed E-state index contributed by atoms with van der Waals surface area (Å²) in [5.74, 6) is -0.611. The van der Waals surface area contributed by atoms with Gasteiger partial charge < -0.3 is 14.8 Å². The van der Waals surface area contributed by atoms with E-state index in [1.54, 1.807) is 20.8 Å². The Labute approximate surface area is 141 Å². The molecule has 130 valence electrons. The summed E-state index contributed by atoms with van der Waals surface area (Å²) < 4.78 is 10.3. The van der Waals surface area contributed by atoms with Crippen molar-refractivity contribution in [1.29, 1.82) is 0 Å². The fourth-order valence-electron chi connectivity index (χ4n) is 1.77. The van der Waals surface area contributed by atoms with Crippen molar-refractivity contribution < 1.29 is 23.9 Å². The normalized spacial score (nSPS) is 11.8. The number of rotatable bonds is 7. The second-order valence-corrected chi connectivity index (χ2v) is 6.05. The number of ether oxygens (including phenoxy) is 2. The van der Waals surface area contributed by atoms with Gasteiger partial charge in [0.1, 0.15) is 18.2 Å². The SMILES string of the molecule is CC(C)(C)OC(=O)[C@H](CCN=C=O)NC(=O)OCc1ccccc1. The highest BCUT2D eigenvalue weighted by Gasteiger charge is 2.26. The topological polar surface area (TPSA) is 94.1 Å². The molecule has 1 N–H and O–H groups in total. The Morgan fingerprint density at radius 3 is 2.50 bits per heavy atom. The van der Waals surface area contributed by atoms with Crippen molar-refractivity contribution in [1.82, 2.24) is 5.32 Å². The van der Waals surface area contributed by atoms with Crippen molar-refractivity contribution >= 4 is 18.1 Å². The number of esters is 1. The molecule has 0 radical (unpaired) electrons. The summed E-state index contributed by atoms with van der Waals surface area (Å²) in [4.78, 5) is 37.5. The number of carbonyl (C=O) groups excluding carboxylic acids is 3. The van der Waals surface area contributed by atoms with Crippen LogP contribution in [0.25, 0.3) is 0 Å². The number of isocyanates is 1. The Morgan fingerprint density at radius 1 is 1.25 bits per heavy atom. The van der Waals surface area contributed by atoms with E-state index >= 15 is 0 Å². The van der Waals surface area contributed by atoms with Gasteiger partial charge in [-0.2, -0.15) is 0 Å². The number of nitrogens with zero attached hydrogens (tertiary/aromatic N) is 1. The molecule has 1 aromatic carbocycles. The number of aliphatic imine (C=N–C) groups is 1. The Kier molecular flexibility index (Phi) is 7.65. The van der Waals surface area contributed by atoms with E-state index in [1.165, 1.54) is 6.08 Å². The molecule has 0 aliphatic carbocycles. The molecule has 1 aromatic rings. The van der Waals surface area contributed by atoms with Crippen LogP contribution in [0.15, 0.2) is 35.3 Å². The van der Waals surface area contributed by atoms with E-state index in [1.807, 2.05) is 30.3 Å². The summed E-state index contributed by atoms with van der Waals surface area (Å²) in [6.07, 6.45) is 0.759. The molecule has 0 bridgehead atoms. The van der Waals surface area contributed by atoms with E-state index < -0.39 is 23.7 Å². The Bertz CT molecular complexity index is 589. The second-order valence-electron chi connectivity index (χ2n) is 6.05. The number of nitrogens with one attached hydrogen (secondary N) is 1. The lowest BCUT2D eigenvalue weighted by atomic mass is 10.1.